The highest BCUT2D eigenvalue weighted by molar-refractivity contribution is 7.11. The summed E-state index contributed by atoms with van der Waals surface area (Å²) in [5, 5.41) is 20.4. The van der Waals surface area contributed by atoms with Crippen LogP contribution in [0.25, 0.3) is 5.57 Å². The van der Waals surface area contributed by atoms with Gasteiger partial charge in [-0.05, 0) is 6.92 Å². The van der Waals surface area contributed by atoms with E-state index in [0.717, 1.165) is 5.69 Å². The van der Waals surface area contributed by atoms with Gasteiger partial charge in [-0.3, -0.25) is 5.41 Å². The number of nitrogens with one attached hydrogen (secondary N) is 1. The molecule has 0 fully saturated rings. The fourth-order valence-electron chi connectivity index (χ4n) is 1.64. The molecule has 16 heavy (non-hydrogen) atoms. The first-order valence-corrected chi connectivity index (χ1v) is 5.81. The van der Waals surface area contributed by atoms with Crippen LogP contribution in [0.4, 0.5) is 0 Å². The van der Waals surface area contributed by atoms with Crippen LogP contribution in [-0.2, 0) is 0 Å². The molecular formula is C11H13N3OS. The second-order valence-electron chi connectivity index (χ2n) is 3.63. The standard InChI is InChI=1S/C11H13N3OS/c1-3-4-14-5-8(15)9(10(14)12)11-13-7(2)6-16-11/h3,6,12,15H,1,4-5H2,2H3. The van der Waals surface area contributed by atoms with Crippen LogP contribution in [0.2, 0.25) is 0 Å². The zero-order chi connectivity index (χ0) is 11.7. The van der Waals surface area contributed by atoms with Crippen molar-refractivity contribution in [2.45, 2.75) is 6.92 Å². The van der Waals surface area contributed by atoms with Gasteiger partial charge in [0.25, 0.3) is 0 Å². The minimum Gasteiger partial charge on any atom is -0.510 e. The number of hydrogen-bond donors (Lipinski definition) is 2. The van der Waals surface area contributed by atoms with E-state index in [1.165, 1.54) is 11.3 Å². The number of aliphatic hydroxyl groups excluding tert-OH is 1. The molecule has 0 saturated heterocycles. The Balaban J connectivity index is 2.31. The number of amidine groups is 1. The maximum atomic E-state index is 9.85. The second kappa shape index (κ2) is 4.09. The van der Waals surface area contributed by atoms with Crippen LogP contribution < -0.4 is 0 Å². The normalized spacial score (nSPS) is 16.1. The number of hydrogen-bond acceptors (Lipinski definition) is 4. The summed E-state index contributed by atoms with van der Waals surface area (Å²) in [6.45, 7) is 6.47. The van der Waals surface area contributed by atoms with Gasteiger partial charge < -0.3 is 10.0 Å². The molecule has 1 aliphatic rings. The quantitative estimate of drug-likeness (QED) is 0.789. The monoisotopic (exact) mass is 235 g/mol. The van der Waals surface area contributed by atoms with E-state index in [9.17, 15) is 5.11 Å². The summed E-state index contributed by atoms with van der Waals surface area (Å²) in [6, 6.07) is 0. The van der Waals surface area contributed by atoms with Gasteiger partial charge in [-0.25, -0.2) is 4.98 Å². The minimum atomic E-state index is 0.223. The van der Waals surface area contributed by atoms with E-state index in [1.54, 1.807) is 11.0 Å². The van der Waals surface area contributed by atoms with E-state index in [4.69, 9.17) is 5.41 Å². The van der Waals surface area contributed by atoms with Gasteiger partial charge in [-0.1, -0.05) is 6.08 Å². The Bertz CT molecular complexity index is 475. The Morgan fingerprint density at radius 2 is 2.50 bits per heavy atom. The number of nitrogens with zero attached hydrogens (tertiary/aromatic N) is 2. The molecule has 0 spiro atoms. The molecule has 0 aliphatic carbocycles. The lowest BCUT2D eigenvalue weighted by atomic mass is 10.2. The third-order valence-electron chi connectivity index (χ3n) is 2.36. The molecule has 0 atom stereocenters. The molecule has 2 rings (SSSR count). The van der Waals surface area contributed by atoms with Crippen molar-refractivity contribution in [2.24, 2.45) is 0 Å². The Morgan fingerprint density at radius 3 is 3.06 bits per heavy atom. The van der Waals surface area contributed by atoms with Gasteiger partial charge in [-0.2, -0.15) is 0 Å². The number of rotatable bonds is 3. The molecule has 2 heterocycles. The van der Waals surface area contributed by atoms with Gasteiger partial charge in [0.2, 0.25) is 0 Å². The summed E-state index contributed by atoms with van der Waals surface area (Å²) in [5.74, 6) is 0.549. The van der Waals surface area contributed by atoms with E-state index in [-0.39, 0.29) is 5.76 Å². The van der Waals surface area contributed by atoms with Crippen LogP contribution in [0.3, 0.4) is 0 Å². The van der Waals surface area contributed by atoms with E-state index in [2.05, 4.69) is 11.6 Å². The Morgan fingerprint density at radius 1 is 1.75 bits per heavy atom. The number of aromatic nitrogens is 1. The van der Waals surface area contributed by atoms with Gasteiger partial charge in [0.15, 0.2) is 0 Å². The van der Waals surface area contributed by atoms with E-state index in [0.29, 0.717) is 29.5 Å². The van der Waals surface area contributed by atoms with Crippen molar-refractivity contribution < 1.29 is 5.11 Å². The molecule has 1 aromatic rings. The van der Waals surface area contributed by atoms with Crippen LogP contribution in [0.5, 0.6) is 0 Å². The molecule has 0 amide bonds. The fraction of sp³-hybridized carbons (Fsp3) is 0.273. The molecule has 4 nitrogen and oxygen atoms in total. The van der Waals surface area contributed by atoms with Crippen molar-refractivity contribution in [3.05, 3.63) is 34.5 Å². The first-order valence-electron chi connectivity index (χ1n) is 4.93. The van der Waals surface area contributed by atoms with Crippen LogP contribution in [0, 0.1) is 12.3 Å². The Kier molecular flexibility index (Phi) is 2.78. The number of aryl methyl sites for hydroxylation is 1. The third-order valence-corrected chi connectivity index (χ3v) is 3.34. The lowest BCUT2D eigenvalue weighted by molar-refractivity contribution is 0.362. The minimum absolute atomic E-state index is 0.223. The van der Waals surface area contributed by atoms with Crippen molar-refractivity contribution in [3.63, 3.8) is 0 Å². The average molecular weight is 235 g/mol. The molecule has 84 valence electrons. The predicted molar refractivity (Wildman–Crippen MR) is 65.9 cm³/mol. The van der Waals surface area contributed by atoms with Crippen LogP contribution in [0.1, 0.15) is 10.7 Å². The second-order valence-corrected chi connectivity index (χ2v) is 4.49. The first-order chi connectivity index (χ1) is 7.63. The van der Waals surface area contributed by atoms with Gasteiger partial charge in [0.05, 0.1) is 12.1 Å². The molecule has 2 N–H and O–H groups in total. The van der Waals surface area contributed by atoms with Crippen molar-refractivity contribution >= 4 is 22.7 Å². The highest BCUT2D eigenvalue weighted by atomic mass is 32.1. The van der Waals surface area contributed by atoms with E-state index < -0.39 is 0 Å². The molecule has 5 heteroatoms. The number of aliphatic hydroxyl groups is 1. The summed E-state index contributed by atoms with van der Waals surface area (Å²) in [6.07, 6.45) is 1.72. The molecule has 0 unspecified atom stereocenters. The topological polar surface area (TPSA) is 60.2 Å². The SMILES string of the molecule is C=CCN1CC(O)=C(c2nc(C)cs2)C1=N. The maximum absolute atomic E-state index is 9.85. The predicted octanol–water partition coefficient (Wildman–Crippen LogP) is 2.20. The highest BCUT2D eigenvalue weighted by Crippen LogP contribution is 2.29. The first kappa shape index (κ1) is 10.9. The lowest BCUT2D eigenvalue weighted by Gasteiger charge is -2.15. The molecular weight excluding hydrogens is 222 g/mol. The summed E-state index contributed by atoms with van der Waals surface area (Å²) >= 11 is 1.45. The number of thiazole rings is 1. The zero-order valence-corrected chi connectivity index (χ0v) is 9.84. The van der Waals surface area contributed by atoms with Crippen LogP contribution >= 0.6 is 11.3 Å². The molecule has 0 aromatic carbocycles. The molecule has 1 aliphatic heterocycles. The largest absolute Gasteiger partial charge is 0.510 e. The average Bonchev–Trinajstić information content (AvgIpc) is 2.74. The molecule has 0 bridgehead atoms. The summed E-state index contributed by atoms with van der Waals surface area (Å²) < 4.78 is 0. The maximum Gasteiger partial charge on any atom is 0.135 e. The lowest BCUT2D eigenvalue weighted by Crippen LogP contribution is -2.26. The van der Waals surface area contributed by atoms with E-state index in [1.807, 2.05) is 12.3 Å². The van der Waals surface area contributed by atoms with Crippen molar-refractivity contribution in [3.8, 4) is 0 Å². The van der Waals surface area contributed by atoms with Gasteiger partial charge in [0, 0.05) is 17.6 Å². The summed E-state index contributed by atoms with van der Waals surface area (Å²) in [7, 11) is 0. The van der Waals surface area contributed by atoms with Gasteiger partial charge in [-0.15, -0.1) is 17.9 Å². The molecule has 1 aromatic heterocycles. The zero-order valence-electron chi connectivity index (χ0n) is 9.03. The van der Waals surface area contributed by atoms with Crippen molar-refractivity contribution in [1.29, 1.82) is 5.41 Å². The summed E-state index contributed by atoms with van der Waals surface area (Å²) in [4.78, 5) is 6.05. The van der Waals surface area contributed by atoms with Gasteiger partial charge in [0.1, 0.15) is 16.6 Å². The Hall–Kier alpha value is -1.62. The third kappa shape index (κ3) is 1.74. The fourth-order valence-corrected chi connectivity index (χ4v) is 2.50. The molecule has 0 saturated carbocycles. The van der Waals surface area contributed by atoms with Gasteiger partial charge >= 0.3 is 0 Å². The highest BCUT2D eigenvalue weighted by Gasteiger charge is 2.29. The Labute approximate surface area is 98.1 Å². The molecule has 0 radical (unpaired) electrons. The van der Waals surface area contributed by atoms with Crippen LogP contribution in [-0.4, -0.2) is 33.9 Å². The smallest absolute Gasteiger partial charge is 0.135 e. The van der Waals surface area contributed by atoms with Crippen molar-refractivity contribution in [1.82, 2.24) is 9.88 Å². The van der Waals surface area contributed by atoms with Crippen molar-refractivity contribution in [2.75, 3.05) is 13.1 Å². The summed E-state index contributed by atoms with van der Waals surface area (Å²) in [5.41, 5.74) is 1.47. The van der Waals surface area contributed by atoms with E-state index >= 15 is 0 Å². The van der Waals surface area contributed by atoms with Crippen LogP contribution in [0.15, 0.2) is 23.8 Å².